The Balaban J connectivity index is 2.34. The molecular formula is C14H26F2N2O2. The van der Waals surface area contributed by atoms with Gasteiger partial charge in [-0.2, -0.15) is 0 Å². The molecule has 1 aliphatic heterocycles. The fourth-order valence-corrected chi connectivity index (χ4v) is 2.39. The van der Waals surface area contributed by atoms with Gasteiger partial charge in [0.2, 0.25) is 5.91 Å². The molecule has 0 saturated carbocycles. The predicted molar refractivity (Wildman–Crippen MR) is 73.9 cm³/mol. The normalized spacial score (nSPS) is 19.0. The molecule has 1 N–H and O–H groups in total. The van der Waals surface area contributed by atoms with Crippen molar-refractivity contribution in [2.24, 2.45) is 5.92 Å². The summed E-state index contributed by atoms with van der Waals surface area (Å²) >= 11 is 0. The SMILES string of the molecule is CC(C)CN(CC1CCCN1)C(=O)CCOCC(F)F. The van der Waals surface area contributed by atoms with Crippen molar-refractivity contribution >= 4 is 5.91 Å². The van der Waals surface area contributed by atoms with Gasteiger partial charge in [-0.15, -0.1) is 0 Å². The molecule has 0 aromatic heterocycles. The minimum Gasteiger partial charge on any atom is -0.375 e. The van der Waals surface area contributed by atoms with Gasteiger partial charge in [0.05, 0.1) is 13.0 Å². The number of nitrogens with zero attached hydrogens (tertiary/aromatic N) is 1. The average molecular weight is 292 g/mol. The van der Waals surface area contributed by atoms with Crippen LogP contribution in [0.25, 0.3) is 0 Å². The van der Waals surface area contributed by atoms with E-state index in [0.717, 1.165) is 19.4 Å². The van der Waals surface area contributed by atoms with Gasteiger partial charge < -0.3 is 15.0 Å². The summed E-state index contributed by atoms with van der Waals surface area (Å²) in [5, 5.41) is 3.37. The summed E-state index contributed by atoms with van der Waals surface area (Å²) in [6.45, 7) is 6.01. The van der Waals surface area contributed by atoms with Crippen LogP contribution >= 0.6 is 0 Å². The third-order valence-electron chi connectivity index (χ3n) is 3.25. The largest absolute Gasteiger partial charge is 0.375 e. The van der Waals surface area contributed by atoms with E-state index in [1.165, 1.54) is 0 Å². The Hall–Kier alpha value is -0.750. The first-order chi connectivity index (χ1) is 9.49. The Kier molecular flexibility index (Phi) is 7.99. The molecule has 0 spiro atoms. The monoisotopic (exact) mass is 292 g/mol. The maximum atomic E-state index is 12.1. The van der Waals surface area contributed by atoms with E-state index in [9.17, 15) is 13.6 Å². The van der Waals surface area contributed by atoms with Gasteiger partial charge in [-0.25, -0.2) is 8.78 Å². The lowest BCUT2D eigenvalue weighted by molar-refractivity contribution is -0.133. The second kappa shape index (κ2) is 9.23. The smallest absolute Gasteiger partial charge is 0.261 e. The van der Waals surface area contributed by atoms with E-state index in [0.29, 0.717) is 25.0 Å². The standard InChI is InChI=1S/C14H26F2N2O2/c1-11(2)8-18(9-12-4-3-6-17-12)14(19)5-7-20-10-13(15)16/h11-13,17H,3-10H2,1-2H3. The molecule has 1 atom stereocenters. The molecule has 1 fully saturated rings. The summed E-state index contributed by atoms with van der Waals surface area (Å²) in [4.78, 5) is 14.0. The minimum atomic E-state index is -2.47. The van der Waals surface area contributed by atoms with Gasteiger partial charge in [-0.1, -0.05) is 13.8 Å². The molecule has 1 amide bonds. The van der Waals surface area contributed by atoms with E-state index < -0.39 is 13.0 Å². The second-order valence-electron chi connectivity index (χ2n) is 5.70. The van der Waals surface area contributed by atoms with Crippen molar-refractivity contribution in [3.05, 3.63) is 0 Å². The number of halogens is 2. The number of amides is 1. The summed E-state index contributed by atoms with van der Waals surface area (Å²) in [5.74, 6) is 0.379. The van der Waals surface area contributed by atoms with E-state index in [4.69, 9.17) is 4.74 Å². The van der Waals surface area contributed by atoms with Gasteiger partial charge in [0.15, 0.2) is 0 Å². The van der Waals surface area contributed by atoms with Gasteiger partial charge in [-0.3, -0.25) is 4.79 Å². The molecule has 0 bridgehead atoms. The van der Waals surface area contributed by atoms with Crippen molar-refractivity contribution in [1.29, 1.82) is 0 Å². The van der Waals surface area contributed by atoms with Gasteiger partial charge in [-0.05, 0) is 25.3 Å². The van der Waals surface area contributed by atoms with Crippen molar-refractivity contribution < 1.29 is 18.3 Å². The van der Waals surface area contributed by atoms with Gasteiger partial charge in [0, 0.05) is 19.1 Å². The van der Waals surface area contributed by atoms with Crippen molar-refractivity contribution in [2.75, 3.05) is 32.8 Å². The van der Waals surface area contributed by atoms with Crippen molar-refractivity contribution in [3.8, 4) is 0 Å². The van der Waals surface area contributed by atoms with Gasteiger partial charge in [0.1, 0.15) is 6.61 Å². The number of rotatable bonds is 9. The summed E-state index contributed by atoms with van der Waals surface area (Å²) in [6, 6.07) is 0.361. The van der Waals surface area contributed by atoms with E-state index in [1.54, 1.807) is 0 Å². The van der Waals surface area contributed by atoms with Crippen molar-refractivity contribution in [3.63, 3.8) is 0 Å². The number of nitrogens with one attached hydrogen (secondary N) is 1. The fraction of sp³-hybridized carbons (Fsp3) is 0.929. The summed E-state index contributed by atoms with van der Waals surface area (Å²) in [6.07, 6.45) is -0.0681. The van der Waals surface area contributed by atoms with Gasteiger partial charge >= 0.3 is 0 Å². The number of hydrogen-bond donors (Lipinski definition) is 1. The Labute approximate surface area is 119 Å². The third kappa shape index (κ3) is 7.14. The molecular weight excluding hydrogens is 266 g/mol. The van der Waals surface area contributed by atoms with E-state index in [2.05, 4.69) is 19.2 Å². The molecule has 1 unspecified atom stereocenters. The van der Waals surface area contributed by atoms with Crippen molar-refractivity contribution in [2.45, 2.75) is 45.6 Å². The first-order valence-electron chi connectivity index (χ1n) is 7.36. The first kappa shape index (κ1) is 17.3. The lowest BCUT2D eigenvalue weighted by Gasteiger charge is -2.27. The lowest BCUT2D eigenvalue weighted by atomic mass is 10.1. The lowest BCUT2D eigenvalue weighted by Crippen LogP contribution is -2.43. The van der Waals surface area contributed by atoms with E-state index >= 15 is 0 Å². The average Bonchev–Trinajstić information content (AvgIpc) is 2.85. The number of hydrogen-bond acceptors (Lipinski definition) is 3. The molecule has 1 heterocycles. The molecule has 4 nitrogen and oxygen atoms in total. The molecule has 0 radical (unpaired) electrons. The highest BCUT2D eigenvalue weighted by atomic mass is 19.3. The number of carbonyl (C=O) groups excluding carboxylic acids is 1. The summed E-state index contributed by atoms with van der Waals surface area (Å²) in [5.41, 5.74) is 0. The van der Waals surface area contributed by atoms with Crippen LogP contribution in [0.3, 0.4) is 0 Å². The van der Waals surface area contributed by atoms with Crippen LogP contribution in [0.1, 0.15) is 33.1 Å². The molecule has 118 valence electrons. The molecule has 0 aromatic carbocycles. The minimum absolute atomic E-state index is 0.0123. The first-order valence-corrected chi connectivity index (χ1v) is 7.36. The highest BCUT2D eigenvalue weighted by molar-refractivity contribution is 5.76. The molecule has 1 rings (SSSR count). The number of alkyl halides is 2. The highest BCUT2D eigenvalue weighted by Gasteiger charge is 2.22. The molecule has 6 heteroatoms. The van der Waals surface area contributed by atoms with Crippen LogP contribution in [-0.4, -0.2) is 56.1 Å². The molecule has 1 saturated heterocycles. The van der Waals surface area contributed by atoms with E-state index in [1.807, 2.05) is 4.90 Å². The van der Waals surface area contributed by atoms with Crippen LogP contribution in [0.15, 0.2) is 0 Å². The Bertz CT molecular complexity index is 282. The fourth-order valence-electron chi connectivity index (χ4n) is 2.39. The highest BCUT2D eigenvalue weighted by Crippen LogP contribution is 2.10. The van der Waals surface area contributed by atoms with Crippen LogP contribution < -0.4 is 5.32 Å². The van der Waals surface area contributed by atoms with E-state index in [-0.39, 0.29) is 18.9 Å². The Morgan fingerprint density at radius 1 is 1.45 bits per heavy atom. The second-order valence-corrected chi connectivity index (χ2v) is 5.70. The van der Waals surface area contributed by atoms with Crippen LogP contribution in [0.5, 0.6) is 0 Å². The number of carbonyl (C=O) groups is 1. The van der Waals surface area contributed by atoms with Crippen molar-refractivity contribution in [1.82, 2.24) is 10.2 Å². The number of ether oxygens (including phenoxy) is 1. The maximum absolute atomic E-state index is 12.1. The predicted octanol–water partition coefficient (Wildman–Crippen LogP) is 1.89. The Morgan fingerprint density at radius 2 is 2.20 bits per heavy atom. The van der Waals surface area contributed by atoms with Crippen LogP contribution in [0.2, 0.25) is 0 Å². The van der Waals surface area contributed by atoms with Crippen LogP contribution in [0, 0.1) is 5.92 Å². The molecule has 0 aromatic rings. The van der Waals surface area contributed by atoms with Gasteiger partial charge in [0.25, 0.3) is 6.43 Å². The maximum Gasteiger partial charge on any atom is 0.261 e. The molecule has 0 aliphatic carbocycles. The molecule has 20 heavy (non-hydrogen) atoms. The zero-order valence-corrected chi connectivity index (χ0v) is 12.4. The summed E-state index contributed by atoms with van der Waals surface area (Å²) < 4.78 is 28.6. The van der Waals surface area contributed by atoms with Crippen LogP contribution in [0.4, 0.5) is 8.78 Å². The van der Waals surface area contributed by atoms with Crippen LogP contribution in [-0.2, 0) is 9.53 Å². The zero-order valence-electron chi connectivity index (χ0n) is 12.4. The zero-order chi connectivity index (χ0) is 15.0. The quantitative estimate of drug-likeness (QED) is 0.660. The molecule has 1 aliphatic rings. The summed E-state index contributed by atoms with van der Waals surface area (Å²) in [7, 11) is 0. The Morgan fingerprint density at radius 3 is 2.75 bits per heavy atom. The topological polar surface area (TPSA) is 41.6 Å². The third-order valence-corrected chi connectivity index (χ3v) is 3.25.